The summed E-state index contributed by atoms with van der Waals surface area (Å²) in [7, 11) is 0. The summed E-state index contributed by atoms with van der Waals surface area (Å²) in [5, 5.41) is 4.29. The standard InChI is InChI=1S/C26H25F2N5/c27-24(28)18-32-13-15-33(16-14-32)22-11-9-21(10-12-22)30-26-29-17-20-7-4-8-23(25(20)31-26)19-5-2-1-3-6-19/h1-12,17,24H,13-16,18H2,(H,29,30,31). The van der Waals surface area contributed by atoms with Gasteiger partial charge >= 0.3 is 0 Å². The smallest absolute Gasteiger partial charge is 0.251 e. The molecule has 3 aromatic carbocycles. The third kappa shape index (κ3) is 4.93. The van der Waals surface area contributed by atoms with E-state index >= 15 is 0 Å². The van der Waals surface area contributed by atoms with Crippen LogP contribution in [-0.2, 0) is 0 Å². The Bertz CT molecular complexity index is 1210. The number of aromatic nitrogens is 2. The second-order valence-corrected chi connectivity index (χ2v) is 8.15. The number of halogens is 2. The zero-order chi connectivity index (χ0) is 22.6. The molecule has 1 fully saturated rings. The molecule has 0 spiro atoms. The molecule has 7 heteroatoms. The van der Waals surface area contributed by atoms with Crippen LogP contribution < -0.4 is 10.2 Å². The van der Waals surface area contributed by atoms with Crippen LogP contribution in [0.5, 0.6) is 0 Å². The Morgan fingerprint density at radius 2 is 1.61 bits per heavy atom. The van der Waals surface area contributed by atoms with E-state index in [4.69, 9.17) is 4.98 Å². The highest BCUT2D eigenvalue weighted by Gasteiger charge is 2.19. The van der Waals surface area contributed by atoms with Crippen molar-refractivity contribution in [3.8, 4) is 11.1 Å². The fraction of sp³-hybridized carbons (Fsp3) is 0.231. The molecule has 1 aliphatic rings. The molecule has 0 unspecified atom stereocenters. The zero-order valence-corrected chi connectivity index (χ0v) is 18.2. The molecule has 1 N–H and O–H groups in total. The SMILES string of the molecule is FC(F)CN1CCN(c2ccc(Nc3ncc4cccc(-c5ccccc5)c4n3)cc2)CC1. The summed E-state index contributed by atoms with van der Waals surface area (Å²) in [6.07, 6.45) is -0.437. The van der Waals surface area contributed by atoms with Gasteiger partial charge in [-0.05, 0) is 29.8 Å². The molecular formula is C26H25F2N5. The normalized spacial score (nSPS) is 14.7. The summed E-state index contributed by atoms with van der Waals surface area (Å²) in [4.78, 5) is 13.3. The first kappa shape index (κ1) is 21.3. The second-order valence-electron chi connectivity index (χ2n) is 8.15. The summed E-state index contributed by atoms with van der Waals surface area (Å²) < 4.78 is 25.2. The molecule has 1 saturated heterocycles. The molecule has 2 heterocycles. The van der Waals surface area contributed by atoms with Gasteiger partial charge in [-0.15, -0.1) is 0 Å². The maximum Gasteiger partial charge on any atom is 0.251 e. The van der Waals surface area contributed by atoms with Gasteiger partial charge in [0.05, 0.1) is 12.1 Å². The van der Waals surface area contributed by atoms with Crippen LogP contribution >= 0.6 is 0 Å². The van der Waals surface area contributed by atoms with Crippen LogP contribution in [0.2, 0.25) is 0 Å². The Labute approximate surface area is 191 Å². The van der Waals surface area contributed by atoms with Gasteiger partial charge in [-0.2, -0.15) is 0 Å². The van der Waals surface area contributed by atoms with Gasteiger partial charge in [0.15, 0.2) is 0 Å². The minimum Gasteiger partial charge on any atom is -0.369 e. The van der Waals surface area contributed by atoms with Crippen LogP contribution in [0.3, 0.4) is 0 Å². The van der Waals surface area contributed by atoms with Gasteiger partial charge in [0, 0.05) is 54.7 Å². The first-order valence-corrected chi connectivity index (χ1v) is 11.1. The van der Waals surface area contributed by atoms with Crippen LogP contribution in [0.1, 0.15) is 0 Å². The van der Waals surface area contributed by atoms with Crippen molar-refractivity contribution in [3.63, 3.8) is 0 Å². The molecule has 0 saturated carbocycles. The van der Waals surface area contributed by atoms with Crippen LogP contribution in [-0.4, -0.2) is 54.0 Å². The van der Waals surface area contributed by atoms with E-state index in [0.29, 0.717) is 19.0 Å². The van der Waals surface area contributed by atoms with Gasteiger partial charge in [0.1, 0.15) is 0 Å². The largest absolute Gasteiger partial charge is 0.369 e. The molecule has 0 radical (unpaired) electrons. The Hall–Kier alpha value is -3.58. The van der Waals surface area contributed by atoms with Crippen molar-refractivity contribution < 1.29 is 8.78 Å². The van der Waals surface area contributed by atoms with E-state index in [2.05, 4.69) is 33.4 Å². The summed E-state index contributed by atoms with van der Waals surface area (Å²) in [5.74, 6) is 0.541. The molecular weight excluding hydrogens is 420 g/mol. The lowest BCUT2D eigenvalue weighted by Gasteiger charge is -2.35. The molecule has 1 aliphatic heterocycles. The number of benzene rings is 3. The maximum atomic E-state index is 12.6. The fourth-order valence-corrected chi connectivity index (χ4v) is 4.24. The molecule has 33 heavy (non-hydrogen) atoms. The lowest BCUT2D eigenvalue weighted by molar-refractivity contribution is 0.0854. The van der Waals surface area contributed by atoms with E-state index in [9.17, 15) is 8.78 Å². The Morgan fingerprint density at radius 3 is 2.33 bits per heavy atom. The maximum absolute atomic E-state index is 12.6. The third-order valence-electron chi connectivity index (χ3n) is 5.95. The first-order valence-electron chi connectivity index (χ1n) is 11.1. The van der Waals surface area contributed by atoms with Crippen molar-refractivity contribution in [2.45, 2.75) is 6.43 Å². The number of rotatable bonds is 6. The summed E-state index contributed by atoms with van der Waals surface area (Å²) in [5.41, 5.74) is 5.07. The average Bonchev–Trinajstić information content (AvgIpc) is 2.85. The molecule has 0 aliphatic carbocycles. The van der Waals surface area contributed by atoms with Crippen molar-refractivity contribution in [3.05, 3.63) is 79.0 Å². The van der Waals surface area contributed by atoms with E-state index in [-0.39, 0.29) is 6.54 Å². The molecule has 0 bridgehead atoms. The van der Waals surface area contributed by atoms with Crippen molar-refractivity contribution in [1.82, 2.24) is 14.9 Å². The van der Waals surface area contributed by atoms with Crippen molar-refractivity contribution >= 4 is 28.2 Å². The fourth-order valence-electron chi connectivity index (χ4n) is 4.24. The number of anilines is 3. The van der Waals surface area contributed by atoms with Gasteiger partial charge in [0.2, 0.25) is 5.95 Å². The molecule has 4 aromatic rings. The summed E-state index contributed by atoms with van der Waals surface area (Å²) in [6.45, 7) is 2.65. The zero-order valence-electron chi connectivity index (χ0n) is 18.2. The first-order chi connectivity index (χ1) is 16.2. The van der Waals surface area contributed by atoms with E-state index < -0.39 is 6.43 Å². The van der Waals surface area contributed by atoms with E-state index in [0.717, 1.165) is 46.5 Å². The van der Waals surface area contributed by atoms with Gasteiger partial charge in [-0.1, -0.05) is 48.5 Å². The lowest BCUT2D eigenvalue weighted by atomic mass is 10.0. The van der Waals surface area contributed by atoms with Crippen LogP contribution in [0, 0.1) is 0 Å². The third-order valence-corrected chi connectivity index (χ3v) is 5.95. The van der Waals surface area contributed by atoms with Crippen molar-refractivity contribution in [2.24, 2.45) is 0 Å². The number of alkyl halides is 2. The highest BCUT2D eigenvalue weighted by atomic mass is 19.3. The number of nitrogens with zero attached hydrogens (tertiary/aromatic N) is 4. The number of hydrogen-bond acceptors (Lipinski definition) is 5. The molecule has 5 nitrogen and oxygen atoms in total. The Morgan fingerprint density at radius 1 is 0.848 bits per heavy atom. The molecule has 168 valence electrons. The second kappa shape index (κ2) is 9.50. The summed E-state index contributed by atoms with van der Waals surface area (Å²) in [6, 6.07) is 24.4. The Balaban J connectivity index is 1.30. The van der Waals surface area contributed by atoms with E-state index in [1.165, 1.54) is 0 Å². The predicted molar refractivity (Wildman–Crippen MR) is 129 cm³/mol. The topological polar surface area (TPSA) is 44.3 Å². The minimum absolute atomic E-state index is 0.144. The number of fused-ring (bicyclic) bond motifs is 1. The van der Waals surface area contributed by atoms with Gasteiger partial charge in [-0.25, -0.2) is 18.7 Å². The van der Waals surface area contributed by atoms with Gasteiger partial charge in [-0.3, -0.25) is 4.90 Å². The monoisotopic (exact) mass is 445 g/mol. The summed E-state index contributed by atoms with van der Waals surface area (Å²) >= 11 is 0. The quantitative estimate of drug-likeness (QED) is 0.429. The highest BCUT2D eigenvalue weighted by molar-refractivity contribution is 5.93. The molecule has 0 atom stereocenters. The number of nitrogens with one attached hydrogen (secondary N) is 1. The number of para-hydroxylation sites is 1. The van der Waals surface area contributed by atoms with Crippen LogP contribution in [0.25, 0.3) is 22.0 Å². The lowest BCUT2D eigenvalue weighted by Crippen LogP contribution is -2.47. The Kier molecular flexibility index (Phi) is 6.13. The number of hydrogen-bond donors (Lipinski definition) is 1. The van der Waals surface area contributed by atoms with E-state index in [1.807, 2.05) is 65.7 Å². The minimum atomic E-state index is -2.27. The van der Waals surface area contributed by atoms with Crippen LogP contribution in [0.15, 0.2) is 79.0 Å². The average molecular weight is 446 g/mol. The predicted octanol–water partition coefficient (Wildman–Crippen LogP) is 5.43. The molecule has 0 amide bonds. The van der Waals surface area contributed by atoms with Crippen molar-refractivity contribution in [2.75, 3.05) is 42.9 Å². The van der Waals surface area contributed by atoms with Gasteiger partial charge in [0.25, 0.3) is 6.43 Å². The number of piperazine rings is 1. The van der Waals surface area contributed by atoms with Crippen LogP contribution in [0.4, 0.5) is 26.1 Å². The van der Waals surface area contributed by atoms with Gasteiger partial charge < -0.3 is 10.2 Å². The van der Waals surface area contributed by atoms with Crippen molar-refractivity contribution in [1.29, 1.82) is 0 Å². The molecule has 5 rings (SSSR count). The molecule has 1 aromatic heterocycles. The highest BCUT2D eigenvalue weighted by Crippen LogP contribution is 2.28. The van der Waals surface area contributed by atoms with E-state index in [1.54, 1.807) is 0 Å².